The molecule has 3 amide bonds. The quantitative estimate of drug-likeness (QED) is 0.553. The normalized spacial score (nSPS) is 23.7. The Morgan fingerprint density at radius 1 is 1.32 bits per heavy atom. The van der Waals surface area contributed by atoms with Crippen LogP contribution in [0, 0.1) is 17.2 Å². The van der Waals surface area contributed by atoms with Crippen LogP contribution in [0.15, 0.2) is 24.3 Å². The first-order chi connectivity index (χ1) is 16.3. The minimum absolute atomic E-state index is 0.0962. The van der Waals surface area contributed by atoms with Crippen molar-refractivity contribution >= 4 is 34.6 Å². The second-order valence-corrected chi connectivity index (χ2v) is 9.63. The summed E-state index contributed by atoms with van der Waals surface area (Å²) in [7, 11) is 1.23. The molecule has 3 fully saturated rings. The Balaban J connectivity index is 1.36. The summed E-state index contributed by atoms with van der Waals surface area (Å²) in [6, 6.07) is 4.29. The predicted molar refractivity (Wildman–Crippen MR) is 119 cm³/mol. The molecule has 1 aromatic heterocycles. The highest BCUT2D eigenvalue weighted by atomic mass is 19.1. The van der Waals surface area contributed by atoms with E-state index in [1.54, 1.807) is 12.1 Å². The van der Waals surface area contributed by atoms with Crippen LogP contribution in [-0.2, 0) is 19.1 Å². The number of likely N-dealkylation sites (tertiary alicyclic amines) is 1. The van der Waals surface area contributed by atoms with E-state index in [1.807, 2.05) is 0 Å². The lowest BCUT2D eigenvalue weighted by atomic mass is 9.97. The van der Waals surface area contributed by atoms with E-state index in [9.17, 15) is 23.6 Å². The van der Waals surface area contributed by atoms with Crippen molar-refractivity contribution in [2.75, 3.05) is 20.2 Å². The van der Waals surface area contributed by atoms with Crippen molar-refractivity contribution in [3.8, 4) is 0 Å². The molecular weight excluding hydrogens is 443 g/mol. The van der Waals surface area contributed by atoms with Gasteiger partial charge in [0.05, 0.1) is 7.11 Å². The number of halogens is 1. The molecule has 2 aromatic rings. The molecule has 9 nitrogen and oxygen atoms in total. The summed E-state index contributed by atoms with van der Waals surface area (Å²) in [5.41, 5.74) is 0.620. The minimum atomic E-state index is -0.985. The van der Waals surface area contributed by atoms with Crippen LogP contribution in [0.3, 0.4) is 0 Å². The lowest BCUT2D eigenvalue weighted by Crippen LogP contribution is -2.51. The number of rotatable bonds is 6. The zero-order valence-corrected chi connectivity index (χ0v) is 18.9. The maximum Gasteiger partial charge on any atom is 0.328 e. The van der Waals surface area contributed by atoms with Gasteiger partial charge in [0.15, 0.2) is 0 Å². The fourth-order valence-electron chi connectivity index (χ4n) is 5.21. The highest BCUT2D eigenvalue weighted by Gasteiger charge is 2.55. The molecule has 10 heteroatoms. The first kappa shape index (κ1) is 22.4. The molecular formula is C24H27FN4O5. The number of amides is 3. The first-order valence-electron chi connectivity index (χ1n) is 11.5. The van der Waals surface area contributed by atoms with Crippen LogP contribution in [-0.4, -0.2) is 65.9 Å². The third-order valence-electron chi connectivity index (χ3n) is 7.36. The van der Waals surface area contributed by atoms with Crippen LogP contribution in [0.5, 0.6) is 0 Å². The van der Waals surface area contributed by atoms with Crippen molar-refractivity contribution in [3.05, 3.63) is 35.8 Å². The van der Waals surface area contributed by atoms with Crippen LogP contribution < -0.4 is 10.6 Å². The van der Waals surface area contributed by atoms with E-state index >= 15 is 0 Å². The van der Waals surface area contributed by atoms with Gasteiger partial charge < -0.3 is 25.3 Å². The Labute approximate surface area is 195 Å². The monoisotopic (exact) mass is 470 g/mol. The lowest BCUT2D eigenvalue weighted by Gasteiger charge is -2.26. The number of aromatic nitrogens is 1. The summed E-state index contributed by atoms with van der Waals surface area (Å²) in [6.45, 7) is 0.958. The number of hydrogen-bond donors (Lipinski definition) is 3. The number of carbonyl (C=O) groups excluding carboxylic acids is 4. The lowest BCUT2D eigenvalue weighted by molar-refractivity contribution is -0.146. The summed E-state index contributed by atoms with van der Waals surface area (Å²) in [6.07, 6.45) is 3.06. The van der Waals surface area contributed by atoms with E-state index in [0.29, 0.717) is 36.8 Å². The van der Waals surface area contributed by atoms with Crippen molar-refractivity contribution in [3.63, 3.8) is 0 Å². The fourth-order valence-corrected chi connectivity index (χ4v) is 5.21. The number of aromatic amines is 1. The third kappa shape index (κ3) is 4.01. The number of hydrogen-bond acceptors (Lipinski definition) is 5. The van der Waals surface area contributed by atoms with Crippen LogP contribution in [0.4, 0.5) is 4.39 Å². The van der Waals surface area contributed by atoms with Gasteiger partial charge in [-0.1, -0.05) is 6.07 Å². The Morgan fingerprint density at radius 2 is 2.12 bits per heavy atom. The number of H-pyrrole nitrogens is 1. The molecule has 3 N–H and O–H groups in total. The summed E-state index contributed by atoms with van der Waals surface area (Å²) in [4.78, 5) is 55.6. The molecule has 0 unspecified atom stereocenters. The molecule has 1 aliphatic carbocycles. The highest BCUT2D eigenvalue weighted by molar-refractivity contribution is 6.01. The topological polar surface area (TPSA) is 121 Å². The predicted octanol–water partition coefficient (Wildman–Crippen LogP) is 1.49. The number of methoxy groups -OCH3 is 1. The number of nitrogens with one attached hydrogen (secondary N) is 3. The SMILES string of the molecule is COC(=O)[C@H](C[C@@H]1CCNC1=O)NC(=O)[C@@H]1CC2(CC2)CN1C(=O)c1cc2c(F)cccc2[nH]1. The number of fused-ring (bicyclic) bond motifs is 1. The van der Waals surface area contributed by atoms with E-state index in [0.717, 1.165) is 12.8 Å². The zero-order chi connectivity index (χ0) is 24.0. The number of nitrogens with zero attached hydrogens (tertiary/aromatic N) is 1. The maximum absolute atomic E-state index is 14.1. The Hall–Kier alpha value is -3.43. The maximum atomic E-state index is 14.1. The van der Waals surface area contributed by atoms with Gasteiger partial charge in [-0.3, -0.25) is 14.4 Å². The zero-order valence-electron chi connectivity index (χ0n) is 18.9. The molecule has 5 rings (SSSR count). The van der Waals surface area contributed by atoms with E-state index in [2.05, 4.69) is 15.6 Å². The molecule has 3 atom stereocenters. The average Bonchev–Trinajstić information content (AvgIpc) is 3.14. The van der Waals surface area contributed by atoms with Gasteiger partial charge in [-0.25, -0.2) is 9.18 Å². The fraction of sp³-hybridized carbons (Fsp3) is 0.500. The third-order valence-corrected chi connectivity index (χ3v) is 7.36. The van der Waals surface area contributed by atoms with Gasteiger partial charge in [-0.2, -0.15) is 0 Å². The van der Waals surface area contributed by atoms with Crippen molar-refractivity contribution < 1.29 is 28.3 Å². The van der Waals surface area contributed by atoms with Gasteiger partial charge >= 0.3 is 5.97 Å². The van der Waals surface area contributed by atoms with E-state index in [4.69, 9.17) is 4.74 Å². The van der Waals surface area contributed by atoms with Crippen molar-refractivity contribution in [1.82, 2.24) is 20.5 Å². The molecule has 1 saturated carbocycles. The van der Waals surface area contributed by atoms with E-state index < -0.39 is 29.8 Å². The Morgan fingerprint density at radius 3 is 2.76 bits per heavy atom. The molecule has 34 heavy (non-hydrogen) atoms. The second-order valence-electron chi connectivity index (χ2n) is 9.63. The number of ether oxygens (including phenoxy) is 1. The van der Waals surface area contributed by atoms with Crippen molar-refractivity contribution in [2.24, 2.45) is 11.3 Å². The minimum Gasteiger partial charge on any atom is -0.467 e. The van der Waals surface area contributed by atoms with Crippen molar-refractivity contribution in [2.45, 2.75) is 44.2 Å². The second kappa shape index (κ2) is 8.41. The van der Waals surface area contributed by atoms with E-state index in [-0.39, 0.29) is 35.3 Å². The van der Waals surface area contributed by atoms with Gasteiger partial charge in [0.1, 0.15) is 23.6 Å². The van der Waals surface area contributed by atoms with Crippen LogP contribution in [0.1, 0.15) is 42.6 Å². The molecule has 1 aromatic carbocycles. The molecule has 0 bridgehead atoms. The standard InChI is InChI=1S/C24H27FN4O5/c1-34-23(33)18(9-13-5-8-26-20(13)30)28-21(31)19-11-24(6-7-24)12-29(19)22(32)17-10-14-15(25)3-2-4-16(14)27-17/h2-4,10,13,18-19,27H,5-9,11-12H2,1H3,(H,26,30)(H,28,31)/t13-,18-,19-/m0/s1. The summed E-state index contributed by atoms with van der Waals surface area (Å²) < 4.78 is 19.0. The summed E-state index contributed by atoms with van der Waals surface area (Å²) >= 11 is 0. The molecule has 1 spiro atoms. The smallest absolute Gasteiger partial charge is 0.328 e. The summed E-state index contributed by atoms with van der Waals surface area (Å²) in [5.74, 6) is -2.43. The van der Waals surface area contributed by atoms with Gasteiger partial charge in [-0.15, -0.1) is 0 Å². The van der Waals surface area contributed by atoms with Gasteiger partial charge in [0, 0.05) is 29.9 Å². The molecule has 2 saturated heterocycles. The van der Waals surface area contributed by atoms with Crippen LogP contribution in [0.25, 0.3) is 10.9 Å². The Bertz CT molecular complexity index is 1170. The van der Waals surface area contributed by atoms with E-state index in [1.165, 1.54) is 24.1 Å². The van der Waals surface area contributed by atoms with Gasteiger partial charge in [0.25, 0.3) is 5.91 Å². The first-order valence-corrected chi connectivity index (χ1v) is 11.5. The average molecular weight is 471 g/mol. The van der Waals surface area contributed by atoms with Crippen LogP contribution >= 0.6 is 0 Å². The number of esters is 1. The molecule has 3 aliphatic rings. The largest absolute Gasteiger partial charge is 0.467 e. The highest BCUT2D eigenvalue weighted by Crippen LogP contribution is 2.55. The van der Waals surface area contributed by atoms with Crippen LogP contribution in [0.2, 0.25) is 0 Å². The molecule has 0 radical (unpaired) electrons. The molecule has 180 valence electrons. The molecule has 3 heterocycles. The summed E-state index contributed by atoms with van der Waals surface area (Å²) in [5, 5.41) is 5.78. The molecule has 2 aliphatic heterocycles. The Kier molecular flexibility index (Phi) is 5.53. The number of benzene rings is 1. The van der Waals surface area contributed by atoms with Crippen molar-refractivity contribution in [1.29, 1.82) is 0 Å². The van der Waals surface area contributed by atoms with Gasteiger partial charge in [-0.05, 0) is 55.7 Å². The number of carbonyl (C=O) groups is 4. The van der Waals surface area contributed by atoms with Gasteiger partial charge in [0.2, 0.25) is 11.8 Å².